The number of sulfonamides is 1. The number of rotatable bonds is 12. The Hall–Kier alpha value is -3.85. The number of benzene rings is 4. The van der Waals surface area contributed by atoms with Crippen LogP contribution in [0, 0.1) is 6.92 Å². The summed E-state index contributed by atoms with van der Waals surface area (Å²) in [6.45, 7) is 3.67. The normalized spacial score (nSPS) is 11.9. The smallest absolute Gasteiger partial charge is 0.264 e. The highest BCUT2D eigenvalue weighted by atomic mass is 35.5. The monoisotopic (exact) mass is 637 g/mol. The van der Waals surface area contributed by atoms with Crippen molar-refractivity contribution in [1.82, 2.24) is 10.2 Å². The second-order valence-corrected chi connectivity index (χ2v) is 12.8. The molecule has 1 N–H and O–H groups in total. The number of nitrogens with one attached hydrogen (secondary N) is 1. The first-order valence-electron chi connectivity index (χ1n) is 13.8. The van der Waals surface area contributed by atoms with Gasteiger partial charge in [0, 0.05) is 29.6 Å². The maximum Gasteiger partial charge on any atom is 0.264 e. The number of amides is 2. The van der Waals surface area contributed by atoms with Crippen LogP contribution in [0.2, 0.25) is 10.0 Å². The molecule has 0 bridgehead atoms. The number of halogens is 2. The number of carbonyl (C=O) groups is 2. The Morgan fingerprint density at radius 3 is 2.12 bits per heavy atom. The first kappa shape index (κ1) is 32.1. The molecule has 7 nitrogen and oxygen atoms in total. The molecule has 10 heteroatoms. The van der Waals surface area contributed by atoms with Gasteiger partial charge in [-0.1, -0.05) is 89.4 Å². The van der Waals surface area contributed by atoms with Gasteiger partial charge in [-0.05, 0) is 67.4 Å². The van der Waals surface area contributed by atoms with Gasteiger partial charge in [-0.25, -0.2) is 8.42 Å². The lowest BCUT2D eigenvalue weighted by Gasteiger charge is -2.34. The van der Waals surface area contributed by atoms with Gasteiger partial charge < -0.3 is 10.2 Å². The molecule has 1 atom stereocenters. The largest absolute Gasteiger partial charge is 0.355 e. The van der Waals surface area contributed by atoms with Crippen LogP contribution in [-0.2, 0) is 32.6 Å². The number of nitrogens with zero attached hydrogens (tertiary/aromatic N) is 2. The maximum atomic E-state index is 14.3. The molecule has 2 amide bonds. The van der Waals surface area contributed by atoms with E-state index in [4.69, 9.17) is 23.2 Å². The van der Waals surface area contributed by atoms with Crippen molar-refractivity contribution in [2.75, 3.05) is 17.4 Å². The quantitative estimate of drug-likeness (QED) is 0.198. The van der Waals surface area contributed by atoms with Crippen LogP contribution in [0.5, 0.6) is 0 Å². The first-order chi connectivity index (χ1) is 20.6. The Morgan fingerprint density at radius 1 is 0.814 bits per heavy atom. The standard InChI is InChI=1S/C33H33Cl2N3O4S/c1-3-36-33(40)31(20-25-8-5-4-6-9-25)37(22-26-14-12-24(2)13-15-26)32(39)23-38(29-11-7-10-28(35)21-29)43(41,42)30-18-16-27(34)17-19-30/h4-19,21,31H,3,20,22-23H2,1-2H3,(H,36,40)/t31-/m0/s1. The summed E-state index contributed by atoms with van der Waals surface area (Å²) >= 11 is 12.3. The molecule has 0 aliphatic rings. The molecule has 0 heterocycles. The predicted molar refractivity (Wildman–Crippen MR) is 172 cm³/mol. The molecule has 224 valence electrons. The molecule has 0 aromatic heterocycles. The number of likely N-dealkylation sites (N-methyl/N-ethyl adjacent to an activating group) is 1. The number of carbonyl (C=O) groups excluding carboxylic acids is 2. The lowest BCUT2D eigenvalue weighted by atomic mass is 10.0. The summed E-state index contributed by atoms with van der Waals surface area (Å²) in [6.07, 6.45) is 0.241. The molecule has 43 heavy (non-hydrogen) atoms. The van der Waals surface area contributed by atoms with Gasteiger partial charge in [0.1, 0.15) is 12.6 Å². The van der Waals surface area contributed by atoms with Crippen LogP contribution in [0.1, 0.15) is 23.6 Å². The van der Waals surface area contributed by atoms with E-state index in [1.807, 2.05) is 68.4 Å². The highest BCUT2D eigenvalue weighted by molar-refractivity contribution is 7.92. The van der Waals surface area contributed by atoms with Crippen molar-refractivity contribution >= 4 is 50.7 Å². The molecule has 4 aromatic carbocycles. The molecule has 0 unspecified atom stereocenters. The van der Waals surface area contributed by atoms with Gasteiger partial charge in [-0.15, -0.1) is 0 Å². The summed E-state index contributed by atoms with van der Waals surface area (Å²) in [7, 11) is -4.24. The Bertz CT molecular complexity index is 1650. The van der Waals surface area contributed by atoms with Gasteiger partial charge in [0.15, 0.2) is 0 Å². The van der Waals surface area contributed by atoms with Crippen LogP contribution in [0.25, 0.3) is 0 Å². The van der Waals surface area contributed by atoms with Gasteiger partial charge in [-0.3, -0.25) is 13.9 Å². The SMILES string of the molecule is CCNC(=O)[C@H](Cc1ccccc1)N(Cc1ccc(C)cc1)C(=O)CN(c1cccc(Cl)c1)S(=O)(=O)c1ccc(Cl)cc1. The van der Waals surface area contributed by atoms with Gasteiger partial charge in [0.2, 0.25) is 11.8 Å². The van der Waals surface area contributed by atoms with E-state index < -0.39 is 28.5 Å². The van der Waals surface area contributed by atoms with E-state index in [9.17, 15) is 18.0 Å². The third-order valence-corrected chi connectivity index (χ3v) is 9.15. The second-order valence-electron chi connectivity index (χ2n) is 10.1. The summed E-state index contributed by atoms with van der Waals surface area (Å²) in [5.41, 5.74) is 2.92. The summed E-state index contributed by atoms with van der Waals surface area (Å²) in [5.74, 6) is -0.882. The number of hydrogen-bond acceptors (Lipinski definition) is 4. The molecule has 0 fully saturated rings. The van der Waals surface area contributed by atoms with E-state index in [0.717, 1.165) is 21.0 Å². The zero-order chi connectivity index (χ0) is 31.0. The fraction of sp³-hybridized carbons (Fsp3) is 0.212. The third kappa shape index (κ3) is 8.38. The Morgan fingerprint density at radius 2 is 1.49 bits per heavy atom. The van der Waals surface area contributed by atoms with E-state index >= 15 is 0 Å². The van der Waals surface area contributed by atoms with E-state index in [1.54, 1.807) is 18.2 Å². The molecule has 0 spiro atoms. The molecule has 0 saturated heterocycles. The van der Waals surface area contributed by atoms with Crippen molar-refractivity contribution in [1.29, 1.82) is 0 Å². The van der Waals surface area contributed by atoms with E-state index in [-0.39, 0.29) is 29.5 Å². The van der Waals surface area contributed by atoms with E-state index in [0.29, 0.717) is 16.6 Å². The van der Waals surface area contributed by atoms with Crippen molar-refractivity contribution < 1.29 is 18.0 Å². The molecule has 4 rings (SSSR count). The number of aryl methyl sites for hydroxylation is 1. The zero-order valence-electron chi connectivity index (χ0n) is 23.9. The minimum atomic E-state index is -4.24. The third-order valence-electron chi connectivity index (χ3n) is 6.87. The topological polar surface area (TPSA) is 86.8 Å². The van der Waals surface area contributed by atoms with Gasteiger partial charge in [0.25, 0.3) is 10.0 Å². The van der Waals surface area contributed by atoms with Crippen molar-refractivity contribution in [2.24, 2.45) is 0 Å². The van der Waals surface area contributed by atoms with Crippen molar-refractivity contribution in [3.8, 4) is 0 Å². The van der Waals surface area contributed by atoms with E-state index in [2.05, 4.69) is 5.32 Å². The average molecular weight is 639 g/mol. The highest BCUT2D eigenvalue weighted by Gasteiger charge is 2.34. The van der Waals surface area contributed by atoms with Crippen LogP contribution in [0.15, 0.2) is 108 Å². The van der Waals surface area contributed by atoms with Crippen LogP contribution < -0.4 is 9.62 Å². The van der Waals surface area contributed by atoms with Crippen LogP contribution in [0.4, 0.5) is 5.69 Å². The number of anilines is 1. The Kier molecular flexibility index (Phi) is 10.9. The van der Waals surface area contributed by atoms with Gasteiger partial charge >= 0.3 is 0 Å². The molecule has 0 aliphatic heterocycles. The predicted octanol–water partition coefficient (Wildman–Crippen LogP) is 6.27. The number of hydrogen-bond donors (Lipinski definition) is 1. The molecular formula is C33H33Cl2N3O4S. The lowest BCUT2D eigenvalue weighted by Crippen LogP contribution is -2.53. The zero-order valence-corrected chi connectivity index (χ0v) is 26.2. The van der Waals surface area contributed by atoms with Gasteiger partial charge in [0.05, 0.1) is 10.6 Å². The Labute approximate surface area is 263 Å². The molecule has 0 aliphatic carbocycles. The van der Waals surface area contributed by atoms with Crippen LogP contribution >= 0.6 is 23.2 Å². The van der Waals surface area contributed by atoms with E-state index in [1.165, 1.54) is 35.2 Å². The highest BCUT2D eigenvalue weighted by Crippen LogP contribution is 2.28. The summed E-state index contributed by atoms with van der Waals surface area (Å²) in [5, 5.41) is 3.54. The fourth-order valence-electron chi connectivity index (χ4n) is 4.63. The second kappa shape index (κ2) is 14.6. The summed E-state index contributed by atoms with van der Waals surface area (Å²) in [4.78, 5) is 29.3. The Balaban J connectivity index is 1.79. The summed E-state index contributed by atoms with van der Waals surface area (Å²) in [6, 6.07) is 28.2. The lowest BCUT2D eigenvalue weighted by molar-refractivity contribution is -0.140. The minimum absolute atomic E-state index is 0.0423. The summed E-state index contributed by atoms with van der Waals surface area (Å²) < 4.78 is 29.0. The van der Waals surface area contributed by atoms with Crippen LogP contribution in [-0.4, -0.2) is 44.3 Å². The maximum absolute atomic E-state index is 14.3. The molecule has 0 radical (unpaired) electrons. The van der Waals surface area contributed by atoms with Crippen LogP contribution in [0.3, 0.4) is 0 Å². The molecular weight excluding hydrogens is 605 g/mol. The first-order valence-corrected chi connectivity index (χ1v) is 16.0. The molecule has 4 aromatic rings. The average Bonchev–Trinajstić information content (AvgIpc) is 2.99. The fourth-order valence-corrected chi connectivity index (χ4v) is 6.35. The van der Waals surface area contributed by atoms with Crippen molar-refractivity contribution in [3.05, 3.63) is 130 Å². The van der Waals surface area contributed by atoms with Crippen molar-refractivity contribution in [3.63, 3.8) is 0 Å². The van der Waals surface area contributed by atoms with Gasteiger partial charge in [-0.2, -0.15) is 0 Å². The molecule has 0 saturated carbocycles. The minimum Gasteiger partial charge on any atom is -0.355 e. The van der Waals surface area contributed by atoms with Crippen molar-refractivity contribution in [2.45, 2.75) is 37.8 Å².